The lowest BCUT2D eigenvalue weighted by Crippen LogP contribution is -2.50. The van der Waals surface area contributed by atoms with Crippen LogP contribution in [0, 0.1) is 5.92 Å². The van der Waals surface area contributed by atoms with Gasteiger partial charge in [-0.25, -0.2) is 8.42 Å². The van der Waals surface area contributed by atoms with Gasteiger partial charge in [0.2, 0.25) is 11.8 Å². The number of para-hydroxylation sites is 1. The van der Waals surface area contributed by atoms with E-state index < -0.39 is 15.9 Å². The predicted octanol–water partition coefficient (Wildman–Crippen LogP) is 1.11. The third kappa shape index (κ3) is 4.68. The summed E-state index contributed by atoms with van der Waals surface area (Å²) in [6.45, 7) is 3.75. The van der Waals surface area contributed by atoms with Gasteiger partial charge in [-0.15, -0.1) is 0 Å². The van der Waals surface area contributed by atoms with Crippen LogP contribution in [-0.4, -0.2) is 60.8 Å². The van der Waals surface area contributed by atoms with Crippen molar-refractivity contribution in [2.75, 3.05) is 24.6 Å². The fraction of sp³-hybridized carbons (Fsp3) is 0.474. The molecule has 1 aromatic heterocycles. The van der Waals surface area contributed by atoms with Crippen molar-refractivity contribution >= 4 is 32.6 Å². The maximum Gasteiger partial charge on any atom is 0.245 e. The number of aromatic nitrogens is 1. The number of aromatic amines is 1. The maximum atomic E-state index is 13.1. The number of fused-ring (bicyclic) bond motifs is 1. The number of H-pyrrole nitrogens is 1. The van der Waals surface area contributed by atoms with Crippen LogP contribution in [0.15, 0.2) is 30.5 Å². The van der Waals surface area contributed by atoms with E-state index in [9.17, 15) is 18.0 Å². The first kappa shape index (κ1) is 19.4. The van der Waals surface area contributed by atoms with E-state index in [-0.39, 0.29) is 35.8 Å². The molecule has 8 heteroatoms. The fourth-order valence-corrected chi connectivity index (χ4v) is 5.31. The van der Waals surface area contributed by atoms with Gasteiger partial charge in [-0.05, 0) is 17.5 Å². The third-order valence-electron chi connectivity index (χ3n) is 4.83. The highest BCUT2D eigenvalue weighted by Crippen LogP contribution is 2.20. The summed E-state index contributed by atoms with van der Waals surface area (Å²) in [6, 6.07) is 7.05. The largest absolute Gasteiger partial charge is 0.361 e. The molecule has 1 aliphatic rings. The quantitative estimate of drug-likeness (QED) is 0.815. The molecule has 3 rings (SSSR count). The average Bonchev–Trinajstić information content (AvgIpc) is 2.93. The summed E-state index contributed by atoms with van der Waals surface area (Å²) in [7, 11) is -3.15. The van der Waals surface area contributed by atoms with E-state index in [1.165, 1.54) is 6.92 Å². The van der Waals surface area contributed by atoms with Gasteiger partial charge >= 0.3 is 0 Å². The molecule has 1 aliphatic heterocycles. The highest BCUT2D eigenvalue weighted by Gasteiger charge is 2.31. The molecule has 0 unspecified atom stereocenters. The maximum absolute atomic E-state index is 13.1. The van der Waals surface area contributed by atoms with E-state index in [0.717, 1.165) is 16.5 Å². The molecule has 2 atom stereocenters. The lowest BCUT2D eigenvalue weighted by molar-refractivity contribution is -0.136. The predicted molar refractivity (Wildman–Crippen MR) is 104 cm³/mol. The van der Waals surface area contributed by atoms with E-state index >= 15 is 0 Å². The minimum absolute atomic E-state index is 0.0387. The minimum Gasteiger partial charge on any atom is -0.361 e. The third-order valence-corrected chi connectivity index (χ3v) is 6.71. The van der Waals surface area contributed by atoms with Crippen LogP contribution in [-0.2, 0) is 25.8 Å². The van der Waals surface area contributed by atoms with Gasteiger partial charge in [0.05, 0.1) is 11.5 Å². The first-order chi connectivity index (χ1) is 12.7. The van der Waals surface area contributed by atoms with Gasteiger partial charge in [-0.3, -0.25) is 9.59 Å². The first-order valence-electron chi connectivity index (χ1n) is 9.06. The molecule has 2 aromatic rings. The molecule has 2 amide bonds. The molecule has 0 bridgehead atoms. The number of benzene rings is 1. The summed E-state index contributed by atoms with van der Waals surface area (Å²) in [4.78, 5) is 29.5. The second kappa shape index (κ2) is 7.72. The van der Waals surface area contributed by atoms with Crippen molar-refractivity contribution < 1.29 is 18.0 Å². The van der Waals surface area contributed by atoms with Gasteiger partial charge in [0, 0.05) is 43.5 Å². The Morgan fingerprint density at radius 3 is 2.81 bits per heavy atom. The number of carbonyl (C=O) groups excluding carboxylic acids is 2. The van der Waals surface area contributed by atoms with Crippen molar-refractivity contribution in [3.8, 4) is 0 Å². The summed E-state index contributed by atoms with van der Waals surface area (Å²) in [5.41, 5.74) is 1.91. The summed E-state index contributed by atoms with van der Waals surface area (Å²) < 4.78 is 24.0. The molecule has 146 valence electrons. The highest BCUT2D eigenvalue weighted by atomic mass is 32.2. The van der Waals surface area contributed by atoms with Crippen molar-refractivity contribution in [3.05, 3.63) is 36.0 Å². The molecule has 2 heterocycles. The monoisotopic (exact) mass is 391 g/mol. The second-order valence-electron chi connectivity index (χ2n) is 7.32. The minimum atomic E-state index is -3.15. The summed E-state index contributed by atoms with van der Waals surface area (Å²) in [5.74, 6) is -0.608. The highest BCUT2D eigenvalue weighted by molar-refractivity contribution is 7.91. The molecule has 1 fully saturated rings. The van der Waals surface area contributed by atoms with Crippen molar-refractivity contribution in [2.24, 2.45) is 5.92 Å². The van der Waals surface area contributed by atoms with Crippen LogP contribution < -0.4 is 5.32 Å². The van der Waals surface area contributed by atoms with Crippen LogP contribution in [0.25, 0.3) is 10.9 Å². The summed E-state index contributed by atoms with van der Waals surface area (Å²) in [5, 5.41) is 3.75. The Morgan fingerprint density at radius 2 is 2.07 bits per heavy atom. The molecule has 0 saturated carbocycles. The fourth-order valence-electron chi connectivity index (χ4n) is 3.67. The van der Waals surface area contributed by atoms with E-state index in [1.54, 1.807) is 4.90 Å². The van der Waals surface area contributed by atoms with Crippen molar-refractivity contribution in [3.63, 3.8) is 0 Å². The Kier molecular flexibility index (Phi) is 5.55. The zero-order valence-corrected chi connectivity index (χ0v) is 16.4. The number of hydrogen-bond donors (Lipinski definition) is 2. The normalized spacial score (nSPS) is 20.8. The van der Waals surface area contributed by atoms with Crippen molar-refractivity contribution in [1.29, 1.82) is 0 Å². The average molecular weight is 391 g/mol. The van der Waals surface area contributed by atoms with Gasteiger partial charge in [0.25, 0.3) is 0 Å². The van der Waals surface area contributed by atoms with Crippen LogP contribution in [0.3, 0.4) is 0 Å². The molecule has 0 spiro atoms. The van der Waals surface area contributed by atoms with Crippen molar-refractivity contribution in [2.45, 2.75) is 26.3 Å². The Morgan fingerprint density at radius 1 is 1.33 bits per heavy atom. The molecule has 0 aliphatic carbocycles. The molecule has 27 heavy (non-hydrogen) atoms. The number of carbonyl (C=O) groups is 2. The smallest absolute Gasteiger partial charge is 0.245 e. The molecule has 2 N–H and O–H groups in total. The van der Waals surface area contributed by atoms with Crippen LogP contribution in [0.1, 0.15) is 19.4 Å². The lowest BCUT2D eigenvalue weighted by atomic mass is 10.0. The van der Waals surface area contributed by atoms with Crippen LogP contribution in [0.2, 0.25) is 0 Å². The van der Waals surface area contributed by atoms with Gasteiger partial charge in [0.1, 0.15) is 6.04 Å². The Hall–Kier alpha value is -2.35. The number of amides is 2. The number of sulfone groups is 1. The Labute approximate surface area is 159 Å². The van der Waals surface area contributed by atoms with Gasteiger partial charge in [-0.1, -0.05) is 25.1 Å². The van der Waals surface area contributed by atoms with Crippen LogP contribution >= 0.6 is 0 Å². The lowest BCUT2D eigenvalue weighted by Gasteiger charge is -2.27. The van der Waals surface area contributed by atoms with Crippen LogP contribution in [0.4, 0.5) is 0 Å². The first-order valence-corrected chi connectivity index (χ1v) is 10.9. The van der Waals surface area contributed by atoms with Gasteiger partial charge < -0.3 is 15.2 Å². The topological polar surface area (TPSA) is 99.3 Å². The van der Waals surface area contributed by atoms with Crippen LogP contribution in [0.5, 0.6) is 0 Å². The van der Waals surface area contributed by atoms with Gasteiger partial charge in [-0.2, -0.15) is 0 Å². The van der Waals surface area contributed by atoms with Crippen molar-refractivity contribution in [1.82, 2.24) is 15.2 Å². The van der Waals surface area contributed by atoms with E-state index in [2.05, 4.69) is 10.3 Å². The number of hydrogen-bond acceptors (Lipinski definition) is 4. The molecular weight excluding hydrogens is 366 g/mol. The van der Waals surface area contributed by atoms with E-state index in [1.807, 2.05) is 37.4 Å². The molecule has 7 nitrogen and oxygen atoms in total. The number of nitrogens with one attached hydrogen (secondary N) is 2. The molecular formula is C19H25N3O4S. The SMILES string of the molecule is CC(=O)N[C@@H](Cc1c[nH]c2ccccc12)C(=O)N1CCS(=O)(=O)C[C@H](C)C1. The standard InChI is InChI=1S/C19H25N3O4S/c1-13-11-22(7-8-27(25,26)12-13)19(24)18(21-14(2)23)9-15-10-20-17-6-4-3-5-16(15)17/h3-6,10,13,18,20H,7-9,11-12H2,1-2H3,(H,21,23)/t13-,18+/m1/s1. The zero-order valence-electron chi connectivity index (χ0n) is 15.6. The van der Waals surface area contributed by atoms with E-state index in [0.29, 0.717) is 13.0 Å². The number of nitrogens with zero attached hydrogens (tertiary/aromatic N) is 1. The number of rotatable bonds is 4. The molecule has 0 radical (unpaired) electrons. The van der Waals surface area contributed by atoms with Gasteiger partial charge in [0.15, 0.2) is 9.84 Å². The molecule has 1 saturated heterocycles. The Bertz CT molecular complexity index is 951. The Balaban J connectivity index is 1.83. The molecule has 1 aromatic carbocycles. The second-order valence-corrected chi connectivity index (χ2v) is 9.55. The van der Waals surface area contributed by atoms with E-state index in [4.69, 9.17) is 0 Å². The summed E-state index contributed by atoms with van der Waals surface area (Å²) in [6.07, 6.45) is 2.20. The summed E-state index contributed by atoms with van der Waals surface area (Å²) >= 11 is 0. The zero-order chi connectivity index (χ0) is 19.6.